The number of carbonyl (C=O) groups excluding carboxylic acids is 1. The Balaban J connectivity index is 1.64. The van der Waals surface area contributed by atoms with Crippen LogP contribution in [0.15, 0.2) is 55.4 Å². The third-order valence-corrected chi connectivity index (χ3v) is 3.42. The third-order valence-electron chi connectivity index (χ3n) is 3.42. The third kappa shape index (κ3) is 3.72. The normalized spacial score (nSPS) is 11.7. The summed E-state index contributed by atoms with van der Waals surface area (Å²) < 4.78 is 1.50. The summed E-state index contributed by atoms with van der Waals surface area (Å²) in [4.78, 5) is 24.4. The molecule has 24 heavy (non-hydrogen) atoms. The zero-order chi connectivity index (χ0) is 16.8. The van der Waals surface area contributed by atoms with E-state index in [4.69, 9.17) is 0 Å². The highest BCUT2D eigenvalue weighted by Gasteiger charge is 2.13. The quantitative estimate of drug-likeness (QED) is 0.751. The number of rotatable bonds is 5. The average molecular weight is 323 g/mol. The first kappa shape index (κ1) is 15.6. The van der Waals surface area contributed by atoms with Gasteiger partial charge in [0.15, 0.2) is 0 Å². The molecular formula is C16H17N7O. The summed E-state index contributed by atoms with van der Waals surface area (Å²) >= 11 is 0. The van der Waals surface area contributed by atoms with E-state index in [-0.39, 0.29) is 12.1 Å². The number of nitrogens with zero attached hydrogens (tertiary/aromatic N) is 5. The minimum absolute atomic E-state index is 0.0829. The molecule has 0 bridgehead atoms. The number of hydrogen-bond acceptors (Lipinski definition) is 5. The van der Waals surface area contributed by atoms with Crippen LogP contribution in [0.5, 0.6) is 0 Å². The summed E-state index contributed by atoms with van der Waals surface area (Å²) in [6.07, 6.45) is 10.7. The number of nitrogens with one attached hydrogen (secondary N) is 2. The molecule has 0 saturated carbocycles. The molecule has 3 rings (SSSR count). The van der Waals surface area contributed by atoms with Crippen molar-refractivity contribution in [1.29, 1.82) is 0 Å². The predicted molar refractivity (Wildman–Crippen MR) is 88.6 cm³/mol. The second kappa shape index (κ2) is 7.32. The molecule has 2 N–H and O–H groups in total. The van der Waals surface area contributed by atoms with E-state index in [1.54, 1.807) is 43.2 Å². The van der Waals surface area contributed by atoms with Crippen LogP contribution < -0.4 is 10.6 Å². The Morgan fingerprint density at radius 1 is 1.21 bits per heavy atom. The minimum Gasteiger partial charge on any atom is -0.331 e. The average Bonchev–Trinajstić information content (AvgIpc) is 3.09. The second-order valence-corrected chi connectivity index (χ2v) is 5.06. The highest BCUT2D eigenvalue weighted by atomic mass is 16.2. The van der Waals surface area contributed by atoms with Crippen molar-refractivity contribution in [2.45, 2.75) is 19.4 Å². The minimum atomic E-state index is -0.299. The van der Waals surface area contributed by atoms with E-state index in [1.807, 2.05) is 19.1 Å². The lowest BCUT2D eigenvalue weighted by atomic mass is 10.1. The van der Waals surface area contributed by atoms with Crippen molar-refractivity contribution in [3.63, 3.8) is 0 Å². The van der Waals surface area contributed by atoms with Crippen molar-refractivity contribution in [3.05, 3.63) is 60.9 Å². The zero-order valence-electron chi connectivity index (χ0n) is 13.1. The standard InChI is InChI=1S/C16H17N7O/c1-2-14(12-4-8-17-9-5-12)22-16(24)21-13-10-20-23(11-13)15-18-6-3-7-19-15/h3-11,14H,2H2,1H3,(H2,21,22,24). The number of urea groups is 1. The molecule has 8 nitrogen and oxygen atoms in total. The van der Waals surface area contributed by atoms with Gasteiger partial charge < -0.3 is 10.6 Å². The van der Waals surface area contributed by atoms with Crippen molar-refractivity contribution in [3.8, 4) is 5.95 Å². The van der Waals surface area contributed by atoms with Crippen molar-refractivity contribution < 1.29 is 4.79 Å². The molecule has 3 aromatic rings. The number of anilines is 1. The molecule has 2 amide bonds. The van der Waals surface area contributed by atoms with Gasteiger partial charge in [0, 0.05) is 24.8 Å². The molecule has 122 valence electrons. The monoisotopic (exact) mass is 323 g/mol. The van der Waals surface area contributed by atoms with Gasteiger partial charge in [0.05, 0.1) is 24.1 Å². The van der Waals surface area contributed by atoms with Crippen molar-refractivity contribution >= 4 is 11.7 Å². The van der Waals surface area contributed by atoms with Gasteiger partial charge in [0.2, 0.25) is 5.95 Å². The molecule has 0 fully saturated rings. The van der Waals surface area contributed by atoms with E-state index in [1.165, 1.54) is 4.68 Å². The van der Waals surface area contributed by atoms with E-state index in [9.17, 15) is 4.79 Å². The Hall–Kier alpha value is -3.29. The maximum atomic E-state index is 12.2. The van der Waals surface area contributed by atoms with Gasteiger partial charge in [-0.15, -0.1) is 0 Å². The zero-order valence-corrected chi connectivity index (χ0v) is 13.1. The molecule has 3 heterocycles. The smallest absolute Gasteiger partial charge is 0.319 e. The molecular weight excluding hydrogens is 306 g/mol. The number of amides is 2. The van der Waals surface area contributed by atoms with Gasteiger partial charge >= 0.3 is 6.03 Å². The highest BCUT2D eigenvalue weighted by Crippen LogP contribution is 2.15. The number of hydrogen-bond donors (Lipinski definition) is 2. The number of pyridine rings is 1. The van der Waals surface area contributed by atoms with E-state index >= 15 is 0 Å². The van der Waals surface area contributed by atoms with Gasteiger partial charge in [0.1, 0.15) is 0 Å². The fraction of sp³-hybridized carbons (Fsp3) is 0.188. The number of aromatic nitrogens is 5. The van der Waals surface area contributed by atoms with Crippen LogP contribution in [0.3, 0.4) is 0 Å². The van der Waals surface area contributed by atoms with Crippen LogP contribution in [0, 0.1) is 0 Å². The lowest BCUT2D eigenvalue weighted by Crippen LogP contribution is -2.32. The van der Waals surface area contributed by atoms with Gasteiger partial charge in [-0.25, -0.2) is 19.4 Å². The largest absolute Gasteiger partial charge is 0.331 e. The summed E-state index contributed by atoms with van der Waals surface area (Å²) in [5.41, 5.74) is 1.57. The van der Waals surface area contributed by atoms with Crippen molar-refractivity contribution in [2.24, 2.45) is 0 Å². The van der Waals surface area contributed by atoms with Crippen molar-refractivity contribution in [1.82, 2.24) is 30.0 Å². The summed E-state index contributed by atoms with van der Waals surface area (Å²) in [5, 5.41) is 9.83. The van der Waals surface area contributed by atoms with Crippen LogP contribution in [-0.4, -0.2) is 30.8 Å². The molecule has 0 radical (unpaired) electrons. The van der Waals surface area contributed by atoms with Crippen LogP contribution in [0.2, 0.25) is 0 Å². The molecule has 0 aliphatic carbocycles. The Kier molecular flexibility index (Phi) is 4.76. The predicted octanol–water partition coefficient (Wildman–Crippen LogP) is 2.33. The maximum Gasteiger partial charge on any atom is 0.319 e. The Labute approximate surface area is 139 Å². The van der Waals surface area contributed by atoms with Gasteiger partial charge in [-0.05, 0) is 30.2 Å². The lowest BCUT2D eigenvalue weighted by molar-refractivity contribution is 0.248. The van der Waals surface area contributed by atoms with Crippen LogP contribution in [0.1, 0.15) is 24.9 Å². The Morgan fingerprint density at radius 3 is 2.67 bits per heavy atom. The molecule has 0 spiro atoms. The fourth-order valence-corrected chi connectivity index (χ4v) is 2.25. The second-order valence-electron chi connectivity index (χ2n) is 5.06. The van der Waals surface area contributed by atoms with E-state index < -0.39 is 0 Å². The van der Waals surface area contributed by atoms with Gasteiger partial charge in [0.25, 0.3) is 0 Å². The van der Waals surface area contributed by atoms with E-state index in [0.717, 1.165) is 12.0 Å². The molecule has 0 aliphatic rings. The Morgan fingerprint density at radius 2 is 1.96 bits per heavy atom. The first-order valence-electron chi connectivity index (χ1n) is 7.55. The fourth-order valence-electron chi connectivity index (χ4n) is 2.25. The van der Waals surface area contributed by atoms with Crippen LogP contribution in [0.25, 0.3) is 5.95 Å². The summed E-state index contributed by atoms with van der Waals surface area (Å²) in [6.45, 7) is 2.01. The van der Waals surface area contributed by atoms with Crippen LogP contribution in [-0.2, 0) is 0 Å². The Bertz CT molecular complexity index is 788. The van der Waals surface area contributed by atoms with Gasteiger partial charge in [-0.2, -0.15) is 5.10 Å². The van der Waals surface area contributed by atoms with Crippen molar-refractivity contribution in [2.75, 3.05) is 5.32 Å². The maximum absolute atomic E-state index is 12.2. The van der Waals surface area contributed by atoms with E-state index in [0.29, 0.717) is 11.6 Å². The first-order chi connectivity index (χ1) is 11.8. The number of carbonyl (C=O) groups is 1. The molecule has 8 heteroatoms. The molecule has 1 unspecified atom stereocenters. The lowest BCUT2D eigenvalue weighted by Gasteiger charge is -2.17. The summed E-state index contributed by atoms with van der Waals surface area (Å²) in [7, 11) is 0. The van der Waals surface area contributed by atoms with Gasteiger partial charge in [-0.3, -0.25) is 4.98 Å². The van der Waals surface area contributed by atoms with Crippen LogP contribution >= 0.6 is 0 Å². The highest BCUT2D eigenvalue weighted by molar-refractivity contribution is 5.89. The van der Waals surface area contributed by atoms with Crippen LogP contribution in [0.4, 0.5) is 10.5 Å². The first-order valence-corrected chi connectivity index (χ1v) is 7.55. The summed E-state index contributed by atoms with van der Waals surface area (Å²) in [5.74, 6) is 0.439. The molecule has 1 atom stereocenters. The molecule has 3 aromatic heterocycles. The molecule has 0 aliphatic heterocycles. The SMILES string of the molecule is CCC(NC(=O)Nc1cnn(-c2ncccn2)c1)c1ccncc1. The topological polar surface area (TPSA) is 97.6 Å². The summed E-state index contributed by atoms with van der Waals surface area (Å²) in [6, 6.07) is 5.12. The van der Waals surface area contributed by atoms with E-state index in [2.05, 4.69) is 30.7 Å². The molecule has 0 saturated heterocycles. The molecule has 0 aromatic carbocycles. The van der Waals surface area contributed by atoms with Gasteiger partial charge in [-0.1, -0.05) is 6.92 Å².